The average molecular weight is 272 g/mol. The number of hydrogen-bond acceptors (Lipinski definition) is 3. The zero-order chi connectivity index (χ0) is 13.5. The zero-order valence-electron chi connectivity index (χ0n) is 11.3. The average Bonchev–Trinajstić information content (AvgIpc) is 2.46. The Kier molecular flexibility index (Phi) is 5.16. The van der Waals surface area contributed by atoms with E-state index >= 15 is 0 Å². The number of anilines is 2. The Hall–Kier alpha value is -1.61. The van der Waals surface area contributed by atoms with E-state index in [4.69, 9.17) is 5.73 Å². The van der Waals surface area contributed by atoms with Gasteiger partial charge in [0.05, 0.1) is 11.4 Å². The minimum absolute atomic E-state index is 0.856. The van der Waals surface area contributed by atoms with Gasteiger partial charge in [-0.2, -0.15) is 0 Å². The fourth-order valence-electron chi connectivity index (χ4n) is 2.01. The molecule has 0 radical (unpaired) electrons. The van der Waals surface area contributed by atoms with E-state index in [1.807, 2.05) is 36.0 Å². The Morgan fingerprint density at radius 2 is 1.68 bits per heavy atom. The first-order valence-corrected chi connectivity index (χ1v) is 7.57. The lowest BCUT2D eigenvalue weighted by Crippen LogP contribution is -2.26. The molecule has 0 saturated carbocycles. The zero-order valence-corrected chi connectivity index (χ0v) is 12.1. The molecule has 2 nitrogen and oxygen atoms in total. The molecular weight excluding hydrogens is 252 g/mol. The van der Waals surface area contributed by atoms with Crippen LogP contribution in [-0.2, 0) is 0 Å². The Bertz CT molecular complexity index is 499. The van der Waals surface area contributed by atoms with E-state index < -0.39 is 0 Å². The van der Waals surface area contributed by atoms with Crippen molar-refractivity contribution in [2.45, 2.75) is 11.8 Å². The summed E-state index contributed by atoms with van der Waals surface area (Å²) in [4.78, 5) is 3.64. The molecule has 0 bridgehead atoms. The lowest BCUT2D eigenvalue weighted by atomic mass is 10.2. The summed E-state index contributed by atoms with van der Waals surface area (Å²) in [5.74, 6) is 1.06. The second kappa shape index (κ2) is 7.10. The predicted octanol–water partition coefficient (Wildman–Crippen LogP) is 3.89. The van der Waals surface area contributed by atoms with E-state index in [0.717, 1.165) is 30.2 Å². The molecule has 2 aromatic rings. The lowest BCUT2D eigenvalue weighted by molar-refractivity contribution is 0.874. The molecule has 3 heteroatoms. The summed E-state index contributed by atoms with van der Waals surface area (Å²) in [6.07, 6.45) is 0. The van der Waals surface area contributed by atoms with Crippen molar-refractivity contribution in [3.8, 4) is 0 Å². The van der Waals surface area contributed by atoms with Crippen molar-refractivity contribution in [1.82, 2.24) is 0 Å². The Balaban J connectivity index is 1.92. The van der Waals surface area contributed by atoms with E-state index in [-0.39, 0.29) is 0 Å². The molecule has 0 fully saturated rings. The Morgan fingerprint density at radius 3 is 2.37 bits per heavy atom. The highest BCUT2D eigenvalue weighted by molar-refractivity contribution is 7.99. The maximum atomic E-state index is 6.03. The number of nitrogens with two attached hydrogens (primary N) is 1. The molecule has 0 aliphatic heterocycles. The highest BCUT2D eigenvalue weighted by atomic mass is 32.2. The Labute approximate surface area is 119 Å². The number of nitrogen functional groups attached to an aromatic ring is 1. The fourth-order valence-corrected chi connectivity index (χ4v) is 2.91. The van der Waals surface area contributed by atoms with E-state index in [9.17, 15) is 0 Å². The van der Waals surface area contributed by atoms with Crippen LogP contribution in [0.4, 0.5) is 11.4 Å². The maximum absolute atomic E-state index is 6.03. The molecule has 0 spiro atoms. The van der Waals surface area contributed by atoms with Gasteiger partial charge >= 0.3 is 0 Å². The van der Waals surface area contributed by atoms with Gasteiger partial charge in [0.1, 0.15) is 0 Å². The molecule has 0 saturated heterocycles. The van der Waals surface area contributed by atoms with Gasteiger partial charge < -0.3 is 10.6 Å². The van der Waals surface area contributed by atoms with Crippen LogP contribution in [0.3, 0.4) is 0 Å². The van der Waals surface area contributed by atoms with Gasteiger partial charge in [0.25, 0.3) is 0 Å². The monoisotopic (exact) mass is 272 g/mol. The van der Waals surface area contributed by atoms with Crippen LogP contribution in [-0.4, -0.2) is 18.8 Å². The van der Waals surface area contributed by atoms with Crippen LogP contribution in [0.15, 0.2) is 59.5 Å². The number of hydrogen-bond donors (Lipinski definition) is 1. The van der Waals surface area contributed by atoms with Crippen LogP contribution in [0.2, 0.25) is 0 Å². The number of thioether (sulfide) groups is 1. The SMILES string of the molecule is CCN(CCSc1ccccc1)c1ccccc1N. The normalized spacial score (nSPS) is 10.4. The van der Waals surface area contributed by atoms with Gasteiger partial charge in [-0.3, -0.25) is 0 Å². The number of rotatable bonds is 6. The van der Waals surface area contributed by atoms with Crippen molar-refractivity contribution in [3.05, 3.63) is 54.6 Å². The third-order valence-electron chi connectivity index (χ3n) is 3.03. The number of benzene rings is 2. The molecule has 100 valence electrons. The van der Waals surface area contributed by atoms with Crippen molar-refractivity contribution in [1.29, 1.82) is 0 Å². The van der Waals surface area contributed by atoms with Crippen LogP contribution >= 0.6 is 11.8 Å². The molecule has 0 amide bonds. The van der Waals surface area contributed by atoms with Gasteiger partial charge in [0.2, 0.25) is 0 Å². The maximum Gasteiger partial charge on any atom is 0.0600 e. The van der Waals surface area contributed by atoms with Crippen molar-refractivity contribution in [2.24, 2.45) is 0 Å². The van der Waals surface area contributed by atoms with Crippen LogP contribution in [0, 0.1) is 0 Å². The van der Waals surface area contributed by atoms with Crippen LogP contribution in [0.5, 0.6) is 0 Å². The minimum atomic E-state index is 0.856. The van der Waals surface area contributed by atoms with Crippen LogP contribution < -0.4 is 10.6 Å². The first kappa shape index (κ1) is 13.8. The number of para-hydroxylation sites is 2. The predicted molar refractivity (Wildman–Crippen MR) is 85.9 cm³/mol. The third kappa shape index (κ3) is 3.93. The molecule has 2 aromatic carbocycles. The van der Waals surface area contributed by atoms with Gasteiger partial charge in [-0.05, 0) is 31.2 Å². The lowest BCUT2D eigenvalue weighted by Gasteiger charge is -2.24. The van der Waals surface area contributed by atoms with Crippen LogP contribution in [0.25, 0.3) is 0 Å². The highest BCUT2D eigenvalue weighted by Crippen LogP contribution is 2.23. The van der Waals surface area contributed by atoms with E-state index in [1.165, 1.54) is 4.90 Å². The van der Waals surface area contributed by atoms with Crippen molar-refractivity contribution < 1.29 is 0 Å². The second-order valence-corrected chi connectivity index (χ2v) is 5.47. The summed E-state index contributed by atoms with van der Waals surface area (Å²) in [5, 5.41) is 0. The third-order valence-corrected chi connectivity index (χ3v) is 4.02. The fraction of sp³-hybridized carbons (Fsp3) is 0.250. The molecule has 0 unspecified atom stereocenters. The molecule has 0 aliphatic rings. The van der Waals surface area contributed by atoms with Gasteiger partial charge in [0.15, 0.2) is 0 Å². The van der Waals surface area contributed by atoms with Crippen molar-refractivity contribution in [3.63, 3.8) is 0 Å². The van der Waals surface area contributed by atoms with Gasteiger partial charge in [-0.15, -0.1) is 11.8 Å². The Morgan fingerprint density at radius 1 is 1.00 bits per heavy atom. The van der Waals surface area contributed by atoms with Crippen LogP contribution in [0.1, 0.15) is 6.92 Å². The summed E-state index contributed by atoms with van der Waals surface area (Å²) in [6, 6.07) is 18.6. The molecule has 0 aromatic heterocycles. The second-order valence-electron chi connectivity index (χ2n) is 4.30. The summed E-state index contributed by atoms with van der Waals surface area (Å²) in [7, 11) is 0. The topological polar surface area (TPSA) is 29.3 Å². The summed E-state index contributed by atoms with van der Waals surface area (Å²) in [6.45, 7) is 4.15. The van der Waals surface area contributed by atoms with E-state index in [1.54, 1.807) is 0 Å². The molecule has 19 heavy (non-hydrogen) atoms. The van der Waals surface area contributed by atoms with Crippen molar-refractivity contribution >= 4 is 23.1 Å². The first-order valence-electron chi connectivity index (χ1n) is 6.58. The smallest absolute Gasteiger partial charge is 0.0600 e. The van der Waals surface area contributed by atoms with Gasteiger partial charge in [0, 0.05) is 23.7 Å². The minimum Gasteiger partial charge on any atom is -0.397 e. The van der Waals surface area contributed by atoms with E-state index in [0.29, 0.717) is 0 Å². The number of nitrogens with zero attached hydrogens (tertiary/aromatic N) is 1. The largest absolute Gasteiger partial charge is 0.397 e. The summed E-state index contributed by atoms with van der Waals surface area (Å²) in [5.41, 5.74) is 8.02. The summed E-state index contributed by atoms with van der Waals surface area (Å²) >= 11 is 1.88. The van der Waals surface area contributed by atoms with E-state index in [2.05, 4.69) is 42.2 Å². The highest BCUT2D eigenvalue weighted by Gasteiger charge is 2.07. The summed E-state index contributed by atoms with van der Waals surface area (Å²) < 4.78 is 0. The standard InChI is InChI=1S/C16H20N2S/c1-2-18(16-11-7-6-10-15(16)17)12-13-19-14-8-4-3-5-9-14/h3-11H,2,12-13,17H2,1H3. The van der Waals surface area contributed by atoms with Gasteiger partial charge in [-0.1, -0.05) is 30.3 Å². The molecule has 0 heterocycles. The quantitative estimate of drug-likeness (QED) is 0.639. The first-order chi connectivity index (χ1) is 9.31. The van der Waals surface area contributed by atoms with Crippen molar-refractivity contribution in [2.75, 3.05) is 29.5 Å². The van der Waals surface area contributed by atoms with Gasteiger partial charge in [-0.25, -0.2) is 0 Å². The molecule has 2 rings (SSSR count). The molecule has 0 atom stereocenters. The molecular formula is C16H20N2S. The molecule has 2 N–H and O–H groups in total. The molecule has 0 aliphatic carbocycles.